The van der Waals surface area contributed by atoms with Crippen molar-refractivity contribution in [1.82, 2.24) is 5.32 Å². The number of esters is 1. The van der Waals surface area contributed by atoms with Gasteiger partial charge in [0, 0.05) is 15.6 Å². The molecule has 2 aromatic carbocycles. The first-order valence-electron chi connectivity index (χ1n) is 6.94. The maximum Gasteiger partial charge on any atom is 0.325 e. The highest BCUT2D eigenvalue weighted by Gasteiger charge is 2.12. The van der Waals surface area contributed by atoms with E-state index in [1.165, 1.54) is 18.2 Å². The number of hydrogen-bond donors (Lipinski definition) is 1. The highest BCUT2D eigenvalue weighted by Crippen LogP contribution is 2.10. The molecule has 0 bridgehead atoms. The first-order chi connectivity index (χ1) is 11.5. The van der Waals surface area contributed by atoms with Crippen LogP contribution in [0.25, 0.3) is 0 Å². The van der Waals surface area contributed by atoms with Gasteiger partial charge in [-0.2, -0.15) is 0 Å². The Bertz CT molecular complexity index is 761. The van der Waals surface area contributed by atoms with Gasteiger partial charge in [0.1, 0.15) is 12.4 Å². The van der Waals surface area contributed by atoms with Crippen molar-refractivity contribution >= 4 is 33.6 Å². The van der Waals surface area contributed by atoms with Crippen LogP contribution in [0.3, 0.4) is 0 Å². The lowest BCUT2D eigenvalue weighted by Gasteiger charge is -2.06. The van der Waals surface area contributed by atoms with Crippen LogP contribution in [0.15, 0.2) is 53.0 Å². The van der Waals surface area contributed by atoms with Crippen LogP contribution in [-0.2, 0) is 9.53 Å². The van der Waals surface area contributed by atoms with Crippen LogP contribution in [0.2, 0.25) is 0 Å². The van der Waals surface area contributed by atoms with Crippen molar-refractivity contribution in [2.75, 3.05) is 13.2 Å². The van der Waals surface area contributed by atoms with E-state index in [1.807, 2.05) is 0 Å². The molecule has 0 spiro atoms. The number of ketones is 1. The van der Waals surface area contributed by atoms with Crippen molar-refractivity contribution in [3.05, 3.63) is 69.9 Å². The number of rotatable bonds is 6. The van der Waals surface area contributed by atoms with E-state index in [-0.39, 0.29) is 12.1 Å². The third kappa shape index (κ3) is 5.27. The normalized spacial score (nSPS) is 10.1. The van der Waals surface area contributed by atoms with Crippen molar-refractivity contribution < 1.29 is 23.5 Å². The zero-order chi connectivity index (χ0) is 17.5. The van der Waals surface area contributed by atoms with Gasteiger partial charge in [0.25, 0.3) is 5.91 Å². The second-order valence-corrected chi connectivity index (χ2v) is 5.70. The average molecular weight is 394 g/mol. The summed E-state index contributed by atoms with van der Waals surface area (Å²) in [7, 11) is 0. The van der Waals surface area contributed by atoms with E-state index in [9.17, 15) is 18.8 Å². The number of Topliss-reactive ketones (excluding diaryl/α,β-unsaturated/α-hetero) is 1. The molecule has 2 aromatic rings. The SMILES string of the molecule is O=C(CNC(=O)c1ccc(Br)cc1)OCC(=O)c1cccc(F)c1. The molecule has 0 aliphatic rings. The summed E-state index contributed by atoms with van der Waals surface area (Å²) in [4.78, 5) is 35.1. The number of carbonyl (C=O) groups is 3. The zero-order valence-electron chi connectivity index (χ0n) is 12.4. The van der Waals surface area contributed by atoms with E-state index in [1.54, 1.807) is 24.3 Å². The maximum absolute atomic E-state index is 13.0. The summed E-state index contributed by atoms with van der Waals surface area (Å²) in [6.45, 7) is -0.887. The molecule has 24 heavy (non-hydrogen) atoms. The Morgan fingerprint density at radius 1 is 1.04 bits per heavy atom. The lowest BCUT2D eigenvalue weighted by atomic mass is 10.1. The number of ether oxygens (including phenoxy) is 1. The molecule has 0 fully saturated rings. The first kappa shape index (κ1) is 17.8. The fraction of sp³-hybridized carbons (Fsp3) is 0.118. The van der Waals surface area contributed by atoms with Gasteiger partial charge in [0.2, 0.25) is 0 Å². The standard InChI is InChI=1S/C17H13BrFNO4/c18-13-6-4-11(5-7-13)17(23)20-9-16(22)24-10-15(21)12-2-1-3-14(19)8-12/h1-8H,9-10H2,(H,20,23). The third-order valence-electron chi connectivity index (χ3n) is 3.01. The smallest absolute Gasteiger partial charge is 0.325 e. The Kier molecular flexibility index (Phi) is 6.20. The minimum atomic E-state index is -0.759. The number of halogens is 2. The van der Waals surface area contributed by atoms with E-state index in [4.69, 9.17) is 4.74 Å². The molecule has 0 unspecified atom stereocenters. The summed E-state index contributed by atoms with van der Waals surface area (Å²) in [5.41, 5.74) is 0.503. The minimum Gasteiger partial charge on any atom is -0.456 e. The molecule has 1 N–H and O–H groups in total. The summed E-state index contributed by atoms with van der Waals surface area (Å²) >= 11 is 3.25. The Labute approximate surface area is 145 Å². The van der Waals surface area contributed by atoms with Gasteiger partial charge in [-0.1, -0.05) is 28.1 Å². The third-order valence-corrected chi connectivity index (χ3v) is 3.54. The summed E-state index contributed by atoms with van der Waals surface area (Å²) in [6.07, 6.45) is 0. The molecule has 0 atom stereocenters. The molecule has 0 aliphatic carbocycles. The summed E-state index contributed by atoms with van der Waals surface area (Å²) in [5.74, 6) is -2.27. The second kappa shape index (κ2) is 8.35. The van der Waals surface area contributed by atoms with Crippen molar-refractivity contribution in [3.8, 4) is 0 Å². The zero-order valence-corrected chi connectivity index (χ0v) is 14.0. The fourth-order valence-electron chi connectivity index (χ4n) is 1.80. The predicted molar refractivity (Wildman–Crippen MR) is 88.2 cm³/mol. The molecule has 0 aliphatic heterocycles. The number of benzene rings is 2. The molecule has 0 saturated heterocycles. The van der Waals surface area contributed by atoms with Gasteiger partial charge in [0.15, 0.2) is 12.4 Å². The molecular weight excluding hydrogens is 381 g/mol. The Balaban J connectivity index is 1.78. The van der Waals surface area contributed by atoms with Gasteiger partial charge >= 0.3 is 5.97 Å². The lowest BCUT2D eigenvalue weighted by molar-refractivity contribution is -0.141. The van der Waals surface area contributed by atoms with Gasteiger partial charge < -0.3 is 10.1 Å². The van der Waals surface area contributed by atoms with Gasteiger partial charge in [-0.3, -0.25) is 14.4 Å². The molecule has 0 radical (unpaired) electrons. The summed E-state index contributed by atoms with van der Waals surface area (Å²) < 4.78 is 18.6. The van der Waals surface area contributed by atoms with Gasteiger partial charge in [-0.15, -0.1) is 0 Å². The summed E-state index contributed by atoms with van der Waals surface area (Å²) in [6, 6.07) is 11.7. The maximum atomic E-state index is 13.0. The molecular formula is C17H13BrFNO4. The highest BCUT2D eigenvalue weighted by molar-refractivity contribution is 9.10. The van der Waals surface area contributed by atoms with Crippen LogP contribution in [0, 0.1) is 5.82 Å². The Hall–Kier alpha value is -2.54. The molecule has 1 amide bonds. The van der Waals surface area contributed by atoms with Crippen molar-refractivity contribution in [3.63, 3.8) is 0 Å². The van der Waals surface area contributed by atoms with E-state index < -0.39 is 30.1 Å². The van der Waals surface area contributed by atoms with E-state index in [0.717, 1.165) is 10.5 Å². The quantitative estimate of drug-likeness (QED) is 0.604. The lowest BCUT2D eigenvalue weighted by Crippen LogP contribution is -2.31. The van der Waals surface area contributed by atoms with Crippen molar-refractivity contribution in [1.29, 1.82) is 0 Å². The van der Waals surface area contributed by atoms with Crippen LogP contribution < -0.4 is 5.32 Å². The minimum absolute atomic E-state index is 0.113. The van der Waals surface area contributed by atoms with Crippen LogP contribution in [0.4, 0.5) is 4.39 Å². The first-order valence-corrected chi connectivity index (χ1v) is 7.73. The van der Waals surface area contributed by atoms with Gasteiger partial charge in [-0.05, 0) is 36.4 Å². The highest BCUT2D eigenvalue weighted by atomic mass is 79.9. The fourth-order valence-corrected chi connectivity index (χ4v) is 2.06. The second-order valence-electron chi connectivity index (χ2n) is 4.78. The van der Waals surface area contributed by atoms with Gasteiger partial charge in [0.05, 0.1) is 0 Å². The molecule has 7 heteroatoms. The van der Waals surface area contributed by atoms with Crippen molar-refractivity contribution in [2.24, 2.45) is 0 Å². The number of hydrogen-bond acceptors (Lipinski definition) is 4. The van der Waals surface area contributed by atoms with Crippen molar-refractivity contribution in [2.45, 2.75) is 0 Å². The molecule has 0 heterocycles. The molecule has 0 aromatic heterocycles. The van der Waals surface area contributed by atoms with Crippen LogP contribution in [-0.4, -0.2) is 30.8 Å². The molecule has 124 valence electrons. The number of carbonyl (C=O) groups excluding carboxylic acids is 3. The molecule has 0 saturated carbocycles. The van der Waals surface area contributed by atoms with E-state index in [2.05, 4.69) is 21.2 Å². The molecule has 5 nitrogen and oxygen atoms in total. The van der Waals surface area contributed by atoms with Gasteiger partial charge in [-0.25, -0.2) is 4.39 Å². The average Bonchev–Trinajstić information content (AvgIpc) is 2.58. The van der Waals surface area contributed by atoms with Crippen LogP contribution in [0.1, 0.15) is 20.7 Å². The largest absolute Gasteiger partial charge is 0.456 e. The van der Waals surface area contributed by atoms with Crippen LogP contribution in [0.5, 0.6) is 0 Å². The Morgan fingerprint density at radius 2 is 1.75 bits per heavy atom. The topological polar surface area (TPSA) is 72.5 Å². The molecule has 2 rings (SSSR count). The number of nitrogens with one attached hydrogen (secondary N) is 1. The number of amides is 1. The van der Waals surface area contributed by atoms with Crippen LogP contribution >= 0.6 is 15.9 Å². The van der Waals surface area contributed by atoms with E-state index in [0.29, 0.717) is 5.56 Å². The Morgan fingerprint density at radius 3 is 2.42 bits per heavy atom. The predicted octanol–water partition coefficient (Wildman–Crippen LogP) is 2.74. The van der Waals surface area contributed by atoms with E-state index >= 15 is 0 Å². The monoisotopic (exact) mass is 393 g/mol. The summed E-state index contributed by atoms with van der Waals surface area (Å²) in [5, 5.41) is 2.39.